The van der Waals surface area contributed by atoms with Gasteiger partial charge in [0, 0.05) is 12.5 Å². The van der Waals surface area contributed by atoms with E-state index in [1.807, 2.05) is 6.07 Å². The molecule has 1 aromatic rings. The summed E-state index contributed by atoms with van der Waals surface area (Å²) in [5, 5.41) is 12.9. The minimum Gasteiger partial charge on any atom is -0.410 e. The third kappa shape index (κ3) is 3.82. The van der Waals surface area contributed by atoms with Crippen LogP contribution in [0.15, 0.2) is 30.3 Å². The number of hydrogen-bond donors (Lipinski definition) is 2. The average Bonchev–Trinajstić information content (AvgIpc) is 3.17. The molecule has 1 saturated carbocycles. The standard InChI is InChI=1S/C17H22N2O4/c20-13-10-15(16(21)18-12-6-4-5-7-12)19(11-13)17(22)23-14-8-2-1-3-9-14/h1-3,8-9,12-13,15,20H,4-7,10-11H2,(H,18,21)/t13-,15-/m0/s1. The van der Waals surface area contributed by atoms with Gasteiger partial charge in [0.1, 0.15) is 11.8 Å². The smallest absolute Gasteiger partial charge is 0.410 e. The largest absolute Gasteiger partial charge is 0.416 e. The first-order chi connectivity index (χ1) is 11.1. The summed E-state index contributed by atoms with van der Waals surface area (Å²) >= 11 is 0. The fraction of sp³-hybridized carbons (Fsp3) is 0.529. The molecule has 2 aliphatic rings. The Kier molecular flexibility index (Phi) is 4.81. The van der Waals surface area contributed by atoms with Crippen molar-refractivity contribution in [2.45, 2.75) is 50.3 Å². The number of ether oxygens (including phenoxy) is 1. The molecule has 0 aromatic heterocycles. The van der Waals surface area contributed by atoms with Gasteiger partial charge in [0.2, 0.25) is 5.91 Å². The molecule has 1 heterocycles. The Balaban J connectivity index is 1.64. The summed E-state index contributed by atoms with van der Waals surface area (Å²) in [5.74, 6) is 0.229. The number of nitrogens with one attached hydrogen (secondary N) is 1. The molecule has 6 heteroatoms. The van der Waals surface area contributed by atoms with E-state index in [-0.39, 0.29) is 24.9 Å². The number of carbonyl (C=O) groups is 2. The molecule has 1 aliphatic carbocycles. The number of para-hydroxylation sites is 1. The Labute approximate surface area is 135 Å². The maximum absolute atomic E-state index is 12.4. The Hall–Kier alpha value is -2.08. The van der Waals surface area contributed by atoms with E-state index in [9.17, 15) is 14.7 Å². The van der Waals surface area contributed by atoms with Gasteiger partial charge in [-0.25, -0.2) is 4.79 Å². The van der Waals surface area contributed by atoms with Crippen LogP contribution in [-0.4, -0.2) is 46.7 Å². The summed E-state index contributed by atoms with van der Waals surface area (Å²) in [5.41, 5.74) is 0. The zero-order chi connectivity index (χ0) is 16.2. The monoisotopic (exact) mass is 318 g/mol. The maximum atomic E-state index is 12.4. The van der Waals surface area contributed by atoms with Gasteiger partial charge in [-0.3, -0.25) is 9.69 Å². The van der Waals surface area contributed by atoms with E-state index in [2.05, 4.69) is 5.32 Å². The first kappa shape index (κ1) is 15.8. The molecule has 0 bridgehead atoms. The van der Waals surface area contributed by atoms with Crippen molar-refractivity contribution in [2.24, 2.45) is 0 Å². The zero-order valence-corrected chi connectivity index (χ0v) is 13.0. The van der Waals surface area contributed by atoms with Crippen LogP contribution in [0.3, 0.4) is 0 Å². The van der Waals surface area contributed by atoms with Gasteiger partial charge in [0.15, 0.2) is 0 Å². The second kappa shape index (κ2) is 7.00. The normalized spacial score (nSPS) is 24.7. The predicted octanol–water partition coefficient (Wildman–Crippen LogP) is 1.68. The third-order valence-corrected chi connectivity index (χ3v) is 4.47. The van der Waals surface area contributed by atoms with Crippen molar-refractivity contribution in [3.05, 3.63) is 30.3 Å². The molecule has 1 aliphatic heterocycles. The Morgan fingerprint density at radius 3 is 2.57 bits per heavy atom. The van der Waals surface area contributed by atoms with E-state index in [0.717, 1.165) is 25.7 Å². The van der Waals surface area contributed by atoms with E-state index in [4.69, 9.17) is 4.74 Å². The first-order valence-electron chi connectivity index (χ1n) is 8.15. The van der Waals surface area contributed by atoms with Crippen LogP contribution in [0.4, 0.5) is 4.79 Å². The summed E-state index contributed by atoms with van der Waals surface area (Å²) in [6.45, 7) is 0.119. The van der Waals surface area contributed by atoms with Crippen LogP contribution in [0, 0.1) is 0 Å². The molecule has 2 N–H and O–H groups in total. The number of aliphatic hydroxyl groups excluding tert-OH is 1. The third-order valence-electron chi connectivity index (χ3n) is 4.47. The van der Waals surface area contributed by atoms with E-state index >= 15 is 0 Å². The summed E-state index contributed by atoms with van der Waals surface area (Å²) < 4.78 is 5.29. The SMILES string of the molecule is O=C(NC1CCCC1)[C@@H]1C[C@H](O)CN1C(=O)Oc1ccccc1. The lowest BCUT2D eigenvalue weighted by Crippen LogP contribution is -2.49. The van der Waals surface area contributed by atoms with Crippen LogP contribution in [-0.2, 0) is 4.79 Å². The lowest BCUT2D eigenvalue weighted by Gasteiger charge is -2.24. The molecule has 1 saturated heterocycles. The fourth-order valence-corrected chi connectivity index (χ4v) is 3.28. The number of benzene rings is 1. The van der Waals surface area contributed by atoms with Gasteiger partial charge in [-0.2, -0.15) is 0 Å². The lowest BCUT2D eigenvalue weighted by atomic mass is 10.1. The molecule has 1 aromatic carbocycles. The minimum atomic E-state index is -0.697. The Morgan fingerprint density at radius 2 is 1.87 bits per heavy atom. The summed E-state index contributed by atoms with van der Waals surface area (Å²) in [6, 6.07) is 8.25. The first-order valence-corrected chi connectivity index (χ1v) is 8.15. The predicted molar refractivity (Wildman–Crippen MR) is 84.0 cm³/mol. The number of nitrogens with zero attached hydrogens (tertiary/aromatic N) is 1. The van der Waals surface area contributed by atoms with Crippen molar-refractivity contribution in [3.8, 4) is 5.75 Å². The van der Waals surface area contributed by atoms with Crippen LogP contribution in [0.2, 0.25) is 0 Å². The molecule has 0 spiro atoms. The molecule has 6 nitrogen and oxygen atoms in total. The summed E-state index contributed by atoms with van der Waals surface area (Å²) in [6.07, 6.45) is 3.17. The molecule has 0 unspecified atom stereocenters. The molecule has 2 fully saturated rings. The van der Waals surface area contributed by atoms with Crippen molar-refractivity contribution in [3.63, 3.8) is 0 Å². The fourth-order valence-electron chi connectivity index (χ4n) is 3.28. The van der Waals surface area contributed by atoms with Gasteiger partial charge in [0.05, 0.1) is 12.6 Å². The topological polar surface area (TPSA) is 78.9 Å². The number of β-amino-alcohol motifs (C(OH)–C–C–N with tert-alkyl or cyclic N) is 1. The molecular weight excluding hydrogens is 296 g/mol. The maximum Gasteiger partial charge on any atom is 0.416 e. The number of rotatable bonds is 3. The van der Waals surface area contributed by atoms with Crippen molar-refractivity contribution < 1.29 is 19.4 Å². The van der Waals surface area contributed by atoms with E-state index in [1.54, 1.807) is 24.3 Å². The van der Waals surface area contributed by atoms with Gasteiger partial charge in [-0.15, -0.1) is 0 Å². The summed E-state index contributed by atoms with van der Waals surface area (Å²) in [4.78, 5) is 26.1. The highest BCUT2D eigenvalue weighted by atomic mass is 16.6. The number of carbonyl (C=O) groups excluding carboxylic acids is 2. The van der Waals surface area contributed by atoms with Gasteiger partial charge in [0.25, 0.3) is 0 Å². The van der Waals surface area contributed by atoms with Crippen molar-refractivity contribution in [1.82, 2.24) is 10.2 Å². The van der Waals surface area contributed by atoms with Gasteiger partial charge in [-0.1, -0.05) is 31.0 Å². The molecule has 2 atom stereocenters. The van der Waals surface area contributed by atoms with Gasteiger partial charge in [-0.05, 0) is 25.0 Å². The lowest BCUT2D eigenvalue weighted by molar-refractivity contribution is -0.125. The second-order valence-corrected chi connectivity index (χ2v) is 6.23. The van der Waals surface area contributed by atoms with E-state index in [1.165, 1.54) is 4.90 Å². The Bertz CT molecular complexity index is 557. The molecule has 2 amide bonds. The van der Waals surface area contributed by atoms with Crippen LogP contribution in [0.1, 0.15) is 32.1 Å². The number of aliphatic hydroxyl groups is 1. The molecule has 0 radical (unpaired) electrons. The van der Waals surface area contributed by atoms with Crippen molar-refractivity contribution in [2.75, 3.05) is 6.54 Å². The van der Waals surface area contributed by atoms with Crippen LogP contribution in [0.5, 0.6) is 5.75 Å². The molecule has 3 rings (SSSR count). The van der Waals surface area contributed by atoms with Crippen LogP contribution >= 0.6 is 0 Å². The average molecular weight is 318 g/mol. The van der Waals surface area contributed by atoms with Crippen molar-refractivity contribution >= 4 is 12.0 Å². The second-order valence-electron chi connectivity index (χ2n) is 6.23. The van der Waals surface area contributed by atoms with Crippen molar-refractivity contribution in [1.29, 1.82) is 0 Å². The Morgan fingerprint density at radius 1 is 1.17 bits per heavy atom. The molecule has 23 heavy (non-hydrogen) atoms. The number of likely N-dealkylation sites (tertiary alicyclic amines) is 1. The quantitative estimate of drug-likeness (QED) is 0.889. The highest BCUT2D eigenvalue weighted by Crippen LogP contribution is 2.23. The number of hydrogen-bond acceptors (Lipinski definition) is 4. The van der Waals surface area contributed by atoms with Crippen LogP contribution < -0.4 is 10.1 Å². The molecule has 124 valence electrons. The van der Waals surface area contributed by atoms with E-state index in [0.29, 0.717) is 5.75 Å². The zero-order valence-electron chi connectivity index (χ0n) is 13.0. The highest BCUT2D eigenvalue weighted by Gasteiger charge is 2.40. The summed E-state index contributed by atoms with van der Waals surface area (Å²) in [7, 11) is 0. The number of amides is 2. The van der Waals surface area contributed by atoms with Gasteiger partial charge >= 0.3 is 6.09 Å². The van der Waals surface area contributed by atoms with E-state index < -0.39 is 18.2 Å². The molecular formula is C17H22N2O4. The van der Waals surface area contributed by atoms with Gasteiger partial charge < -0.3 is 15.2 Å². The van der Waals surface area contributed by atoms with Crippen LogP contribution in [0.25, 0.3) is 0 Å². The highest BCUT2D eigenvalue weighted by molar-refractivity contribution is 5.87. The minimum absolute atomic E-state index is 0.119.